The quantitative estimate of drug-likeness (QED) is 0.126. The van der Waals surface area contributed by atoms with Gasteiger partial charge in [-0.25, -0.2) is 4.98 Å². The maximum Gasteiger partial charge on any atom is 0.220 e. The van der Waals surface area contributed by atoms with E-state index in [9.17, 15) is 9.90 Å². The molecule has 2 aromatic carbocycles. The summed E-state index contributed by atoms with van der Waals surface area (Å²) in [5, 5.41) is 21.4. The average Bonchev–Trinajstić information content (AvgIpc) is 3.62. The Hall–Kier alpha value is -3.99. The summed E-state index contributed by atoms with van der Waals surface area (Å²) in [6, 6.07) is 18.0. The number of carbonyl (C=O) groups is 1. The summed E-state index contributed by atoms with van der Waals surface area (Å²) in [6.45, 7) is 4.19. The minimum atomic E-state index is -0.405. The molecule has 11 heteroatoms. The van der Waals surface area contributed by atoms with Gasteiger partial charge in [0.15, 0.2) is 0 Å². The number of fused-ring (bicyclic) bond motifs is 1. The lowest BCUT2D eigenvalue weighted by Crippen LogP contribution is -2.35. The fraction of sp³-hybridized carbons (Fsp3) is 0.306. The molecule has 0 radical (unpaired) electrons. The second-order valence-corrected chi connectivity index (χ2v) is 12.7. The van der Waals surface area contributed by atoms with Gasteiger partial charge in [-0.05, 0) is 37.1 Å². The molecule has 4 N–H and O–H groups in total. The molecule has 244 valence electrons. The Labute approximate surface area is 284 Å². The van der Waals surface area contributed by atoms with E-state index in [1.54, 1.807) is 20.2 Å². The maximum atomic E-state index is 11.5. The summed E-state index contributed by atoms with van der Waals surface area (Å²) in [4.78, 5) is 21.0. The number of hydrogen-bond acceptors (Lipinski definition) is 7. The molecule has 1 amide bonds. The zero-order chi connectivity index (χ0) is 33.1. The minimum Gasteiger partial charge on any atom is -0.481 e. The van der Waals surface area contributed by atoms with E-state index in [1.165, 1.54) is 0 Å². The number of methoxy groups -OCH3 is 1. The van der Waals surface area contributed by atoms with E-state index >= 15 is 0 Å². The monoisotopic (exact) mass is 672 g/mol. The first-order valence-electron chi connectivity index (χ1n) is 15.7. The van der Waals surface area contributed by atoms with Crippen LogP contribution in [0.2, 0.25) is 10.0 Å². The van der Waals surface area contributed by atoms with E-state index in [1.807, 2.05) is 49.5 Å². The van der Waals surface area contributed by atoms with Crippen molar-refractivity contribution in [2.24, 2.45) is 7.05 Å². The van der Waals surface area contributed by atoms with Gasteiger partial charge in [-0.1, -0.05) is 59.6 Å². The zero-order valence-corrected chi connectivity index (χ0v) is 28.1. The molecule has 1 fully saturated rings. The molecule has 4 heterocycles. The van der Waals surface area contributed by atoms with E-state index in [4.69, 9.17) is 32.9 Å². The molecule has 1 aliphatic heterocycles. The molecule has 0 saturated carbocycles. The van der Waals surface area contributed by atoms with Gasteiger partial charge in [-0.15, -0.1) is 0 Å². The highest BCUT2D eigenvalue weighted by molar-refractivity contribution is 6.39. The summed E-state index contributed by atoms with van der Waals surface area (Å²) >= 11 is 14.2. The van der Waals surface area contributed by atoms with Crippen LogP contribution in [0, 0.1) is 0 Å². The Morgan fingerprint density at radius 1 is 1.04 bits per heavy atom. The molecule has 1 saturated heterocycles. The molecular formula is C36H38Cl2N6O3. The molecule has 3 aromatic heterocycles. The van der Waals surface area contributed by atoms with Gasteiger partial charge in [-0.2, -0.15) is 0 Å². The standard InChI is InChI=1S/C36H38Cl2N6O3/c1-21(45)16-39-18-24-20-44(2)31-15-22(7-10-26(24)31)35-34(38)28(13-14-41-35)27-5-4-6-29(33(27)37)30-11-8-23(36(43-30)47-3)17-40-19-25-9-12-32(46)42-25/h4-8,10-11,13-15,20-21,25,39-40,45H,9,12,16-19H2,1-3H3,(H,42,46)/t21-,25+/m1/s1. The van der Waals surface area contributed by atoms with Gasteiger partial charge in [0.1, 0.15) is 0 Å². The van der Waals surface area contributed by atoms with Crippen molar-refractivity contribution < 1.29 is 14.6 Å². The number of nitrogens with one attached hydrogen (secondary N) is 3. The lowest BCUT2D eigenvalue weighted by Gasteiger charge is -2.15. The van der Waals surface area contributed by atoms with Crippen LogP contribution < -0.4 is 20.7 Å². The Kier molecular flexibility index (Phi) is 10.1. The third kappa shape index (κ3) is 7.15. The zero-order valence-electron chi connectivity index (χ0n) is 26.6. The summed E-state index contributed by atoms with van der Waals surface area (Å²) in [7, 11) is 3.62. The number of nitrogens with zero attached hydrogens (tertiary/aromatic N) is 3. The van der Waals surface area contributed by atoms with Gasteiger partial charge < -0.3 is 30.4 Å². The Morgan fingerprint density at radius 2 is 1.83 bits per heavy atom. The summed E-state index contributed by atoms with van der Waals surface area (Å²) in [5.41, 5.74) is 7.66. The van der Waals surface area contributed by atoms with Crippen LogP contribution in [0.25, 0.3) is 44.5 Å². The van der Waals surface area contributed by atoms with E-state index in [0.29, 0.717) is 59.9 Å². The largest absolute Gasteiger partial charge is 0.481 e. The Bertz CT molecular complexity index is 1930. The highest BCUT2D eigenvalue weighted by Crippen LogP contribution is 2.42. The number of aliphatic hydroxyl groups is 1. The van der Waals surface area contributed by atoms with Crippen molar-refractivity contribution in [2.75, 3.05) is 20.2 Å². The SMILES string of the molecule is COc1nc(-c2cccc(-c3ccnc(-c4ccc5c(CNC[C@@H](C)O)cn(C)c5c4)c3Cl)c2Cl)ccc1CNC[C@@H]1CCC(=O)N1. The third-order valence-electron chi connectivity index (χ3n) is 8.48. The lowest BCUT2D eigenvalue weighted by molar-refractivity contribution is -0.119. The van der Waals surface area contributed by atoms with Crippen LogP contribution in [0.5, 0.6) is 5.88 Å². The van der Waals surface area contributed by atoms with E-state index in [2.05, 4.69) is 43.8 Å². The topological polar surface area (TPSA) is 113 Å². The first kappa shape index (κ1) is 32.9. The first-order valence-corrected chi connectivity index (χ1v) is 16.4. The number of rotatable bonds is 12. The molecule has 47 heavy (non-hydrogen) atoms. The fourth-order valence-corrected chi connectivity index (χ4v) is 6.75. The number of aliphatic hydroxyl groups excluding tert-OH is 1. The highest BCUT2D eigenvalue weighted by atomic mass is 35.5. The number of aryl methyl sites for hydroxylation is 1. The summed E-state index contributed by atoms with van der Waals surface area (Å²) in [6.07, 6.45) is 4.86. The predicted octanol–water partition coefficient (Wildman–Crippen LogP) is 6.12. The van der Waals surface area contributed by atoms with Crippen LogP contribution in [0.15, 0.2) is 67.0 Å². The van der Waals surface area contributed by atoms with Crippen LogP contribution in [-0.4, -0.2) is 57.9 Å². The second kappa shape index (κ2) is 14.4. The molecule has 5 aromatic rings. The van der Waals surface area contributed by atoms with Crippen LogP contribution >= 0.6 is 23.2 Å². The van der Waals surface area contributed by atoms with Gasteiger partial charge in [-0.3, -0.25) is 9.78 Å². The lowest BCUT2D eigenvalue weighted by atomic mass is 9.99. The summed E-state index contributed by atoms with van der Waals surface area (Å²) < 4.78 is 7.74. The molecular weight excluding hydrogens is 635 g/mol. The van der Waals surface area contributed by atoms with Crippen LogP contribution in [0.4, 0.5) is 0 Å². The van der Waals surface area contributed by atoms with Crippen LogP contribution in [-0.2, 0) is 24.9 Å². The Balaban J connectivity index is 1.26. The Morgan fingerprint density at radius 3 is 2.60 bits per heavy atom. The fourth-order valence-electron chi connectivity index (χ4n) is 6.10. The smallest absolute Gasteiger partial charge is 0.220 e. The molecule has 6 rings (SSSR count). The number of amides is 1. The van der Waals surface area contributed by atoms with Gasteiger partial charge in [0, 0.05) is 96.8 Å². The number of ether oxygens (including phenoxy) is 1. The molecule has 2 atom stereocenters. The van der Waals surface area contributed by atoms with Crippen LogP contribution in [0.3, 0.4) is 0 Å². The first-order chi connectivity index (χ1) is 22.7. The van der Waals surface area contributed by atoms with Gasteiger partial charge >= 0.3 is 0 Å². The van der Waals surface area contributed by atoms with Crippen molar-refractivity contribution in [3.63, 3.8) is 0 Å². The number of aromatic nitrogens is 3. The number of benzene rings is 2. The molecule has 9 nitrogen and oxygen atoms in total. The highest BCUT2D eigenvalue weighted by Gasteiger charge is 2.21. The molecule has 1 aliphatic rings. The number of pyridine rings is 2. The number of hydrogen-bond donors (Lipinski definition) is 4. The predicted molar refractivity (Wildman–Crippen MR) is 188 cm³/mol. The maximum absolute atomic E-state index is 11.5. The molecule has 0 bridgehead atoms. The minimum absolute atomic E-state index is 0.102. The van der Waals surface area contributed by atoms with Crippen molar-refractivity contribution >= 4 is 40.0 Å². The number of halogens is 2. The van der Waals surface area contributed by atoms with Crippen molar-refractivity contribution in [3.05, 3.63) is 88.2 Å². The van der Waals surface area contributed by atoms with Gasteiger partial charge in [0.05, 0.1) is 34.6 Å². The van der Waals surface area contributed by atoms with Crippen molar-refractivity contribution in [1.29, 1.82) is 0 Å². The van der Waals surface area contributed by atoms with E-state index < -0.39 is 6.10 Å². The third-order valence-corrected chi connectivity index (χ3v) is 9.27. The van der Waals surface area contributed by atoms with E-state index in [-0.39, 0.29) is 11.9 Å². The second-order valence-electron chi connectivity index (χ2n) is 12.0. The normalized spacial score (nSPS) is 15.3. The van der Waals surface area contributed by atoms with E-state index in [0.717, 1.165) is 50.7 Å². The van der Waals surface area contributed by atoms with Gasteiger partial charge in [0.25, 0.3) is 0 Å². The van der Waals surface area contributed by atoms with Crippen molar-refractivity contribution in [3.8, 4) is 39.5 Å². The van der Waals surface area contributed by atoms with Gasteiger partial charge in [0.2, 0.25) is 11.8 Å². The van der Waals surface area contributed by atoms with Crippen molar-refractivity contribution in [2.45, 2.75) is 45.0 Å². The molecule has 0 spiro atoms. The molecule has 0 unspecified atom stereocenters. The summed E-state index contributed by atoms with van der Waals surface area (Å²) in [5.74, 6) is 0.611. The van der Waals surface area contributed by atoms with Crippen molar-refractivity contribution in [1.82, 2.24) is 30.5 Å². The van der Waals surface area contributed by atoms with Crippen LogP contribution in [0.1, 0.15) is 30.9 Å². The average molecular weight is 674 g/mol. The molecule has 0 aliphatic carbocycles. The number of carbonyl (C=O) groups excluding carboxylic acids is 1.